The van der Waals surface area contributed by atoms with E-state index in [0.29, 0.717) is 10.7 Å². The Balaban J connectivity index is 1.57. The molecule has 0 radical (unpaired) electrons. The number of nitrogens with zero attached hydrogens (tertiary/aromatic N) is 2. The minimum Gasteiger partial charge on any atom is -0.360 e. The number of benzene rings is 2. The lowest BCUT2D eigenvalue weighted by Gasteiger charge is -2.15. The van der Waals surface area contributed by atoms with Gasteiger partial charge < -0.3 is 4.98 Å². The SMILES string of the molecule is O=C(c1c[nH]c2ccccc12)[C@H](Sc1n[nH]c(=O)n1C1CC1)c1ccccc1. The fourth-order valence-electron chi connectivity index (χ4n) is 3.45. The van der Waals surface area contributed by atoms with Crippen molar-refractivity contribution in [1.29, 1.82) is 0 Å². The predicted octanol–water partition coefficient (Wildman–Crippen LogP) is 4.10. The minimum atomic E-state index is -0.492. The van der Waals surface area contributed by atoms with Crippen molar-refractivity contribution in [2.45, 2.75) is 29.3 Å². The average Bonchev–Trinajstić information content (AvgIpc) is 3.36. The maximum Gasteiger partial charge on any atom is 0.344 e. The monoisotopic (exact) mass is 390 g/mol. The third-order valence-corrected chi connectivity index (χ3v) is 6.22. The first kappa shape index (κ1) is 17.1. The second-order valence-corrected chi connectivity index (χ2v) is 8.01. The first-order chi connectivity index (χ1) is 13.7. The number of hydrogen-bond acceptors (Lipinski definition) is 4. The molecule has 1 saturated carbocycles. The number of rotatable bonds is 6. The number of fused-ring (bicyclic) bond motifs is 1. The van der Waals surface area contributed by atoms with Crippen LogP contribution >= 0.6 is 11.8 Å². The summed E-state index contributed by atoms with van der Waals surface area (Å²) in [5.41, 5.74) is 2.25. The molecule has 7 heteroatoms. The maximum absolute atomic E-state index is 13.6. The van der Waals surface area contributed by atoms with Gasteiger partial charge in [-0.2, -0.15) is 0 Å². The number of thioether (sulfide) groups is 1. The molecule has 2 aromatic heterocycles. The summed E-state index contributed by atoms with van der Waals surface area (Å²) in [6, 6.07) is 17.6. The molecule has 0 saturated heterocycles. The van der Waals surface area contributed by atoms with Crippen molar-refractivity contribution >= 4 is 28.4 Å². The van der Waals surface area contributed by atoms with Crippen LogP contribution in [0, 0.1) is 0 Å². The van der Waals surface area contributed by atoms with Crippen LogP contribution in [0.3, 0.4) is 0 Å². The summed E-state index contributed by atoms with van der Waals surface area (Å²) in [6.45, 7) is 0. The van der Waals surface area contributed by atoms with E-state index in [-0.39, 0.29) is 17.5 Å². The highest BCUT2D eigenvalue weighted by Crippen LogP contribution is 2.41. The molecule has 0 spiro atoms. The zero-order valence-electron chi connectivity index (χ0n) is 15.0. The molecule has 1 atom stereocenters. The second-order valence-electron chi connectivity index (χ2n) is 6.93. The van der Waals surface area contributed by atoms with E-state index in [9.17, 15) is 9.59 Å². The number of aromatic amines is 2. The fourth-order valence-corrected chi connectivity index (χ4v) is 4.63. The Morgan fingerprint density at radius 1 is 1.11 bits per heavy atom. The molecule has 2 N–H and O–H groups in total. The molecule has 6 nitrogen and oxygen atoms in total. The van der Waals surface area contributed by atoms with E-state index < -0.39 is 5.25 Å². The molecular weight excluding hydrogens is 372 g/mol. The van der Waals surface area contributed by atoms with Crippen LogP contribution in [0.2, 0.25) is 0 Å². The normalized spacial score (nSPS) is 15.0. The third-order valence-electron chi connectivity index (χ3n) is 5.00. The van der Waals surface area contributed by atoms with Gasteiger partial charge in [-0.25, -0.2) is 9.89 Å². The quantitative estimate of drug-likeness (QED) is 0.383. The van der Waals surface area contributed by atoms with Crippen molar-refractivity contribution < 1.29 is 4.79 Å². The van der Waals surface area contributed by atoms with Crippen molar-refractivity contribution in [3.05, 3.63) is 82.4 Å². The van der Waals surface area contributed by atoms with E-state index in [1.165, 1.54) is 11.8 Å². The number of H-pyrrole nitrogens is 2. The number of nitrogens with one attached hydrogen (secondary N) is 2. The number of aromatic nitrogens is 4. The summed E-state index contributed by atoms with van der Waals surface area (Å²) in [6.07, 6.45) is 3.71. The standard InChI is InChI=1S/C21H18N4O2S/c26-18(16-12-22-17-9-5-4-8-15(16)17)19(13-6-2-1-3-7-13)28-21-24-23-20(27)25(21)14-10-11-14/h1-9,12,14,19,22H,10-11H2,(H,23,27)/t19-/m1/s1. The molecule has 0 aliphatic heterocycles. The van der Waals surface area contributed by atoms with E-state index in [1.54, 1.807) is 10.8 Å². The van der Waals surface area contributed by atoms with Gasteiger partial charge in [-0.1, -0.05) is 60.3 Å². The maximum atomic E-state index is 13.6. The van der Waals surface area contributed by atoms with E-state index in [2.05, 4.69) is 15.2 Å². The van der Waals surface area contributed by atoms with Crippen molar-refractivity contribution in [3.8, 4) is 0 Å². The van der Waals surface area contributed by atoms with Gasteiger partial charge in [0.15, 0.2) is 10.9 Å². The Kier molecular flexibility index (Phi) is 4.16. The summed E-state index contributed by atoms with van der Waals surface area (Å²) in [4.78, 5) is 28.9. The van der Waals surface area contributed by atoms with Crippen LogP contribution in [0.4, 0.5) is 0 Å². The lowest BCUT2D eigenvalue weighted by atomic mass is 10.0. The van der Waals surface area contributed by atoms with Crippen LogP contribution in [0.5, 0.6) is 0 Å². The number of hydrogen-bond donors (Lipinski definition) is 2. The van der Waals surface area contributed by atoms with Crippen LogP contribution in [-0.4, -0.2) is 25.5 Å². The topological polar surface area (TPSA) is 83.5 Å². The minimum absolute atomic E-state index is 0.00792. The molecule has 1 aliphatic rings. The van der Waals surface area contributed by atoms with Crippen LogP contribution in [0.25, 0.3) is 10.9 Å². The Labute approximate surface area is 165 Å². The van der Waals surface area contributed by atoms with Gasteiger partial charge in [-0.15, -0.1) is 5.10 Å². The van der Waals surface area contributed by atoms with Gasteiger partial charge in [0.1, 0.15) is 5.25 Å². The summed E-state index contributed by atoms with van der Waals surface area (Å²) < 4.78 is 1.68. The van der Waals surface area contributed by atoms with Crippen molar-refractivity contribution in [2.75, 3.05) is 0 Å². The average molecular weight is 390 g/mol. The van der Waals surface area contributed by atoms with E-state index in [0.717, 1.165) is 29.3 Å². The largest absolute Gasteiger partial charge is 0.360 e. The van der Waals surface area contributed by atoms with Crippen LogP contribution in [-0.2, 0) is 0 Å². The summed E-state index contributed by atoms with van der Waals surface area (Å²) in [7, 11) is 0. The highest BCUT2D eigenvalue weighted by atomic mass is 32.2. The fraction of sp³-hybridized carbons (Fsp3) is 0.190. The van der Waals surface area contributed by atoms with Gasteiger partial charge in [0.25, 0.3) is 0 Å². The molecule has 4 aromatic rings. The number of carbonyl (C=O) groups is 1. The molecule has 5 rings (SSSR count). The first-order valence-corrected chi connectivity index (χ1v) is 10.1. The van der Waals surface area contributed by atoms with Gasteiger partial charge in [-0.3, -0.25) is 9.36 Å². The van der Waals surface area contributed by atoms with Crippen LogP contribution in [0.15, 0.2) is 70.7 Å². The number of ketones is 1. The molecule has 0 bridgehead atoms. The first-order valence-electron chi connectivity index (χ1n) is 9.21. The van der Waals surface area contributed by atoms with Gasteiger partial charge in [-0.05, 0) is 24.5 Å². The third kappa shape index (κ3) is 2.97. The molecule has 2 heterocycles. The summed E-state index contributed by atoms with van der Waals surface area (Å²) in [5, 5.41) is 7.71. The highest BCUT2D eigenvalue weighted by molar-refractivity contribution is 8.00. The smallest absolute Gasteiger partial charge is 0.344 e. The van der Waals surface area contributed by atoms with E-state index >= 15 is 0 Å². The van der Waals surface area contributed by atoms with Gasteiger partial charge in [0, 0.05) is 28.7 Å². The van der Waals surface area contributed by atoms with Crippen LogP contribution < -0.4 is 5.69 Å². The Morgan fingerprint density at radius 2 is 1.86 bits per heavy atom. The van der Waals surface area contributed by atoms with Gasteiger partial charge in [0.05, 0.1) is 0 Å². The second kappa shape index (κ2) is 6.83. The Morgan fingerprint density at radius 3 is 2.64 bits per heavy atom. The van der Waals surface area contributed by atoms with Crippen molar-refractivity contribution in [1.82, 2.24) is 19.7 Å². The molecule has 1 aliphatic carbocycles. The predicted molar refractivity (Wildman–Crippen MR) is 109 cm³/mol. The molecule has 0 unspecified atom stereocenters. The summed E-state index contributed by atoms with van der Waals surface area (Å²) >= 11 is 1.33. The molecule has 1 fully saturated rings. The Bertz CT molecular complexity index is 1200. The molecule has 28 heavy (non-hydrogen) atoms. The number of Topliss-reactive ketones (excluding diaryl/α,β-unsaturated/α-hetero) is 1. The lowest BCUT2D eigenvalue weighted by Crippen LogP contribution is -2.17. The zero-order valence-corrected chi connectivity index (χ0v) is 15.8. The molecule has 2 aromatic carbocycles. The van der Waals surface area contributed by atoms with Crippen molar-refractivity contribution in [2.24, 2.45) is 0 Å². The lowest BCUT2D eigenvalue weighted by molar-refractivity contribution is 0.0991. The molecular formula is C21H18N4O2S. The van der Waals surface area contributed by atoms with Gasteiger partial charge in [0.2, 0.25) is 0 Å². The van der Waals surface area contributed by atoms with E-state index in [1.807, 2.05) is 54.6 Å². The highest BCUT2D eigenvalue weighted by Gasteiger charge is 2.32. The number of para-hydroxylation sites is 1. The zero-order chi connectivity index (χ0) is 19.1. The Hall–Kier alpha value is -3.06. The van der Waals surface area contributed by atoms with E-state index in [4.69, 9.17) is 0 Å². The molecule has 0 amide bonds. The summed E-state index contributed by atoms with van der Waals surface area (Å²) in [5.74, 6) is -0.00792. The number of carbonyl (C=O) groups excluding carboxylic acids is 1. The van der Waals surface area contributed by atoms with Crippen molar-refractivity contribution in [3.63, 3.8) is 0 Å². The molecule has 140 valence electrons. The van der Waals surface area contributed by atoms with Gasteiger partial charge >= 0.3 is 5.69 Å². The van der Waals surface area contributed by atoms with Crippen LogP contribution in [0.1, 0.15) is 40.1 Å².